The van der Waals surface area contributed by atoms with Crippen molar-refractivity contribution in [1.82, 2.24) is 14.7 Å². The summed E-state index contributed by atoms with van der Waals surface area (Å²) in [5.41, 5.74) is 11.4. The summed E-state index contributed by atoms with van der Waals surface area (Å²) < 4.78 is 1.97. The molecule has 26 heavy (non-hydrogen) atoms. The van der Waals surface area contributed by atoms with Gasteiger partial charge in [-0.3, -0.25) is 4.79 Å². The molecule has 1 aromatic heterocycles. The maximum absolute atomic E-state index is 12.6. The number of rotatable bonds is 6. The van der Waals surface area contributed by atoms with E-state index in [1.165, 1.54) is 5.56 Å². The summed E-state index contributed by atoms with van der Waals surface area (Å²) in [5.74, 6) is 0.156. The van der Waals surface area contributed by atoms with Crippen molar-refractivity contribution in [1.29, 1.82) is 0 Å². The van der Waals surface area contributed by atoms with Gasteiger partial charge in [-0.15, -0.1) is 12.4 Å². The standard InChI is InChI=1S/C20H30N4O.ClH/c1-7-13(2)19(21)20(25)23(6)12-17-15(4)22-24(16(17)5)18-11-9-8-10-14(18)3;/h8-11,13,19H,7,12,21H2,1-6H3;1H. The minimum absolute atomic E-state index is 0. The van der Waals surface area contributed by atoms with Gasteiger partial charge in [0.2, 0.25) is 5.91 Å². The first-order valence-corrected chi connectivity index (χ1v) is 8.89. The normalized spacial score (nSPS) is 13.0. The summed E-state index contributed by atoms with van der Waals surface area (Å²) in [4.78, 5) is 14.3. The first-order valence-electron chi connectivity index (χ1n) is 8.89. The van der Waals surface area contributed by atoms with E-state index in [-0.39, 0.29) is 24.2 Å². The highest BCUT2D eigenvalue weighted by molar-refractivity contribution is 5.85. The third-order valence-electron chi connectivity index (χ3n) is 5.10. The SMILES string of the molecule is CCC(C)C(N)C(=O)N(C)Cc1c(C)nn(-c2ccccc2C)c1C.Cl. The molecule has 2 aromatic rings. The monoisotopic (exact) mass is 378 g/mol. The van der Waals surface area contributed by atoms with Gasteiger partial charge in [-0.25, -0.2) is 4.68 Å². The van der Waals surface area contributed by atoms with Gasteiger partial charge in [0.15, 0.2) is 0 Å². The van der Waals surface area contributed by atoms with Crippen LogP contribution in [0.1, 0.15) is 42.8 Å². The molecule has 0 fully saturated rings. The molecule has 144 valence electrons. The van der Waals surface area contributed by atoms with Crippen molar-refractivity contribution in [3.05, 3.63) is 46.8 Å². The first-order chi connectivity index (χ1) is 11.8. The number of nitrogens with zero attached hydrogens (tertiary/aromatic N) is 3. The molecule has 5 nitrogen and oxygen atoms in total. The van der Waals surface area contributed by atoms with E-state index in [9.17, 15) is 4.79 Å². The average molecular weight is 379 g/mol. The van der Waals surface area contributed by atoms with Crippen LogP contribution < -0.4 is 5.73 Å². The molecular weight excluding hydrogens is 348 g/mol. The number of halogens is 1. The lowest BCUT2D eigenvalue weighted by Gasteiger charge is -2.24. The van der Waals surface area contributed by atoms with Crippen LogP contribution >= 0.6 is 12.4 Å². The minimum Gasteiger partial charge on any atom is -0.340 e. The molecule has 1 heterocycles. The van der Waals surface area contributed by atoms with Crippen molar-refractivity contribution in [2.75, 3.05) is 7.05 Å². The van der Waals surface area contributed by atoms with Gasteiger partial charge >= 0.3 is 0 Å². The van der Waals surface area contributed by atoms with Crippen LogP contribution in [0.25, 0.3) is 5.69 Å². The Kier molecular flexibility index (Phi) is 7.85. The summed E-state index contributed by atoms with van der Waals surface area (Å²) in [6.45, 7) is 10.7. The predicted molar refractivity (Wildman–Crippen MR) is 109 cm³/mol. The van der Waals surface area contributed by atoms with Crippen LogP contribution in [0.15, 0.2) is 24.3 Å². The fraction of sp³-hybridized carbons (Fsp3) is 0.500. The van der Waals surface area contributed by atoms with Gasteiger partial charge in [-0.05, 0) is 38.3 Å². The Balaban J connectivity index is 0.00000338. The zero-order valence-electron chi connectivity index (χ0n) is 16.6. The molecule has 2 unspecified atom stereocenters. The quantitative estimate of drug-likeness (QED) is 0.835. The average Bonchev–Trinajstić information content (AvgIpc) is 2.88. The summed E-state index contributed by atoms with van der Waals surface area (Å²) in [7, 11) is 1.81. The molecule has 0 bridgehead atoms. The summed E-state index contributed by atoms with van der Waals surface area (Å²) in [6, 6.07) is 7.72. The van der Waals surface area contributed by atoms with E-state index in [4.69, 9.17) is 10.8 Å². The summed E-state index contributed by atoms with van der Waals surface area (Å²) in [5, 5.41) is 4.70. The highest BCUT2D eigenvalue weighted by Crippen LogP contribution is 2.22. The Labute approximate surface area is 163 Å². The Bertz CT molecular complexity index is 756. The molecule has 0 aliphatic heterocycles. The second-order valence-electron chi connectivity index (χ2n) is 6.95. The van der Waals surface area contributed by atoms with E-state index in [1.54, 1.807) is 4.90 Å². The van der Waals surface area contributed by atoms with Crippen molar-refractivity contribution in [3.63, 3.8) is 0 Å². The molecule has 0 aliphatic rings. The first kappa shape index (κ1) is 22.2. The highest BCUT2D eigenvalue weighted by atomic mass is 35.5. The second-order valence-corrected chi connectivity index (χ2v) is 6.95. The number of amides is 1. The van der Waals surface area contributed by atoms with Crippen molar-refractivity contribution in [3.8, 4) is 5.69 Å². The molecule has 0 spiro atoms. The van der Waals surface area contributed by atoms with E-state index in [2.05, 4.69) is 32.9 Å². The molecule has 0 saturated heterocycles. The number of carbonyl (C=O) groups is 1. The number of aryl methyl sites for hydroxylation is 2. The van der Waals surface area contributed by atoms with Crippen LogP contribution in [0.2, 0.25) is 0 Å². The Morgan fingerprint density at radius 1 is 1.27 bits per heavy atom. The topological polar surface area (TPSA) is 64.2 Å². The van der Waals surface area contributed by atoms with Gasteiger partial charge in [0.05, 0.1) is 17.4 Å². The number of carbonyl (C=O) groups excluding carboxylic acids is 1. The maximum atomic E-state index is 12.6. The lowest BCUT2D eigenvalue weighted by atomic mass is 9.99. The maximum Gasteiger partial charge on any atom is 0.239 e. The smallest absolute Gasteiger partial charge is 0.239 e. The third-order valence-corrected chi connectivity index (χ3v) is 5.10. The Hall–Kier alpha value is -1.85. The van der Waals surface area contributed by atoms with E-state index in [0.29, 0.717) is 6.54 Å². The number of nitrogens with two attached hydrogens (primary N) is 1. The lowest BCUT2D eigenvalue weighted by molar-refractivity contribution is -0.132. The van der Waals surface area contributed by atoms with Gasteiger partial charge in [-0.1, -0.05) is 38.5 Å². The molecule has 2 atom stereocenters. The van der Waals surface area contributed by atoms with Crippen LogP contribution in [-0.2, 0) is 11.3 Å². The lowest BCUT2D eigenvalue weighted by Crippen LogP contribution is -2.45. The number of para-hydroxylation sites is 1. The third kappa shape index (κ3) is 4.46. The molecule has 0 radical (unpaired) electrons. The Morgan fingerprint density at radius 2 is 1.88 bits per heavy atom. The van der Waals surface area contributed by atoms with Gasteiger partial charge in [0.25, 0.3) is 0 Å². The van der Waals surface area contributed by atoms with E-state index < -0.39 is 6.04 Å². The van der Waals surface area contributed by atoms with Crippen LogP contribution in [0.4, 0.5) is 0 Å². The molecule has 1 aromatic carbocycles. The van der Waals surface area contributed by atoms with Crippen LogP contribution in [-0.4, -0.2) is 33.7 Å². The van der Waals surface area contributed by atoms with E-state index in [0.717, 1.165) is 29.1 Å². The second kappa shape index (κ2) is 9.19. The van der Waals surface area contributed by atoms with Crippen LogP contribution in [0.3, 0.4) is 0 Å². The van der Waals surface area contributed by atoms with Crippen molar-refractivity contribution < 1.29 is 4.79 Å². The summed E-state index contributed by atoms with van der Waals surface area (Å²) in [6.07, 6.45) is 0.893. The fourth-order valence-electron chi connectivity index (χ4n) is 3.01. The number of benzene rings is 1. The minimum atomic E-state index is -0.456. The fourth-order valence-corrected chi connectivity index (χ4v) is 3.01. The van der Waals surface area contributed by atoms with Gasteiger partial charge < -0.3 is 10.6 Å². The molecule has 2 rings (SSSR count). The van der Waals surface area contributed by atoms with Gasteiger partial charge in [-0.2, -0.15) is 5.10 Å². The van der Waals surface area contributed by atoms with Crippen molar-refractivity contribution in [2.24, 2.45) is 11.7 Å². The molecule has 6 heteroatoms. The number of aromatic nitrogens is 2. The van der Waals surface area contributed by atoms with Gasteiger partial charge in [0, 0.05) is 24.8 Å². The van der Waals surface area contributed by atoms with Crippen molar-refractivity contribution in [2.45, 2.75) is 53.6 Å². The number of hydrogen-bond acceptors (Lipinski definition) is 3. The Morgan fingerprint density at radius 3 is 2.46 bits per heavy atom. The molecule has 1 amide bonds. The van der Waals surface area contributed by atoms with E-state index >= 15 is 0 Å². The molecule has 0 aliphatic carbocycles. The largest absolute Gasteiger partial charge is 0.340 e. The highest BCUT2D eigenvalue weighted by Gasteiger charge is 2.24. The van der Waals surface area contributed by atoms with E-state index in [1.807, 2.05) is 37.7 Å². The molecular formula is C20H31ClN4O. The number of hydrogen-bond donors (Lipinski definition) is 1. The predicted octanol–water partition coefficient (Wildman–Crippen LogP) is 3.55. The summed E-state index contributed by atoms with van der Waals surface area (Å²) >= 11 is 0. The zero-order chi connectivity index (χ0) is 18.7. The van der Waals surface area contributed by atoms with Crippen LogP contribution in [0.5, 0.6) is 0 Å². The zero-order valence-corrected chi connectivity index (χ0v) is 17.4. The van der Waals surface area contributed by atoms with Crippen LogP contribution in [0, 0.1) is 26.7 Å². The van der Waals surface area contributed by atoms with Gasteiger partial charge in [0.1, 0.15) is 0 Å². The number of likely N-dealkylation sites (N-methyl/N-ethyl adjacent to an activating group) is 1. The molecule has 2 N–H and O–H groups in total. The molecule has 0 saturated carbocycles. The van der Waals surface area contributed by atoms with Crippen molar-refractivity contribution >= 4 is 18.3 Å².